The summed E-state index contributed by atoms with van der Waals surface area (Å²) in [6.45, 7) is 0. The summed E-state index contributed by atoms with van der Waals surface area (Å²) in [7, 11) is 0. The van der Waals surface area contributed by atoms with E-state index >= 15 is 0 Å². The maximum atomic E-state index is 13.3. The molecular weight excluding hydrogens is 285 g/mol. The number of hydrogen-bond acceptors (Lipinski definition) is 2. The highest BCUT2D eigenvalue weighted by molar-refractivity contribution is 5.99. The summed E-state index contributed by atoms with van der Waals surface area (Å²) in [5, 5.41) is 12.1. The highest BCUT2D eigenvalue weighted by atomic mass is 19.1. The van der Waals surface area contributed by atoms with Crippen LogP contribution in [0.2, 0.25) is 0 Å². The third-order valence-corrected chi connectivity index (χ3v) is 3.56. The number of benzene rings is 2. The molecule has 1 aliphatic rings. The molecule has 22 heavy (non-hydrogen) atoms. The maximum Gasteiger partial charge on any atom is 0.336 e. The van der Waals surface area contributed by atoms with Crippen LogP contribution in [0.1, 0.15) is 33.6 Å². The van der Waals surface area contributed by atoms with Crippen LogP contribution in [-0.4, -0.2) is 23.0 Å². The van der Waals surface area contributed by atoms with Crippen molar-refractivity contribution < 1.29 is 19.1 Å². The molecule has 0 atom stereocenters. The summed E-state index contributed by atoms with van der Waals surface area (Å²) in [5.41, 5.74) is 1.29. The summed E-state index contributed by atoms with van der Waals surface area (Å²) in [4.78, 5) is 23.3. The quantitative estimate of drug-likeness (QED) is 0.911. The van der Waals surface area contributed by atoms with Crippen molar-refractivity contribution >= 4 is 11.9 Å². The van der Waals surface area contributed by atoms with Gasteiger partial charge in [-0.05, 0) is 48.2 Å². The molecule has 0 heterocycles. The fourth-order valence-corrected chi connectivity index (χ4v) is 2.27. The molecule has 1 aliphatic carbocycles. The fraction of sp³-hybridized carbons (Fsp3) is 0.176. The smallest absolute Gasteiger partial charge is 0.336 e. The largest absolute Gasteiger partial charge is 0.478 e. The van der Waals surface area contributed by atoms with Gasteiger partial charge in [-0.25, -0.2) is 9.18 Å². The molecule has 4 nitrogen and oxygen atoms in total. The lowest BCUT2D eigenvalue weighted by Crippen LogP contribution is -2.25. The summed E-state index contributed by atoms with van der Waals surface area (Å²) in [6.07, 6.45) is 1.99. The molecule has 112 valence electrons. The van der Waals surface area contributed by atoms with E-state index in [-0.39, 0.29) is 17.5 Å². The number of halogens is 1. The second-order valence-electron chi connectivity index (χ2n) is 5.32. The van der Waals surface area contributed by atoms with Gasteiger partial charge in [0.05, 0.1) is 5.56 Å². The average molecular weight is 299 g/mol. The van der Waals surface area contributed by atoms with Crippen molar-refractivity contribution in [3.8, 4) is 11.1 Å². The second-order valence-corrected chi connectivity index (χ2v) is 5.32. The van der Waals surface area contributed by atoms with Crippen LogP contribution in [0.5, 0.6) is 0 Å². The first-order chi connectivity index (χ1) is 10.5. The Morgan fingerprint density at radius 1 is 1.14 bits per heavy atom. The van der Waals surface area contributed by atoms with Gasteiger partial charge in [0.1, 0.15) is 5.82 Å². The van der Waals surface area contributed by atoms with Gasteiger partial charge in [0.25, 0.3) is 5.91 Å². The van der Waals surface area contributed by atoms with Gasteiger partial charge in [0.15, 0.2) is 0 Å². The number of aromatic carboxylic acids is 1. The highest BCUT2D eigenvalue weighted by Gasteiger charge is 2.24. The molecule has 2 aromatic carbocycles. The molecule has 3 rings (SSSR count). The number of carbonyl (C=O) groups is 2. The molecule has 0 aliphatic heterocycles. The van der Waals surface area contributed by atoms with E-state index in [4.69, 9.17) is 0 Å². The van der Waals surface area contributed by atoms with Crippen LogP contribution in [0.4, 0.5) is 4.39 Å². The highest BCUT2D eigenvalue weighted by Crippen LogP contribution is 2.26. The zero-order valence-corrected chi connectivity index (χ0v) is 11.7. The summed E-state index contributed by atoms with van der Waals surface area (Å²) < 4.78 is 13.3. The van der Waals surface area contributed by atoms with Crippen molar-refractivity contribution in [2.24, 2.45) is 0 Å². The predicted molar refractivity (Wildman–Crippen MR) is 79.3 cm³/mol. The van der Waals surface area contributed by atoms with Crippen molar-refractivity contribution in [2.75, 3.05) is 0 Å². The standard InChI is InChI=1S/C17H14FNO3/c18-12-4-7-14(15(9-12)17(21)22)10-2-1-3-11(8-10)16(20)19-13-5-6-13/h1-4,7-9,13H,5-6H2,(H,19,20)(H,21,22). The summed E-state index contributed by atoms with van der Waals surface area (Å²) in [5.74, 6) is -1.99. The van der Waals surface area contributed by atoms with Gasteiger partial charge in [-0.15, -0.1) is 0 Å². The normalized spacial score (nSPS) is 13.7. The van der Waals surface area contributed by atoms with Crippen molar-refractivity contribution in [3.63, 3.8) is 0 Å². The van der Waals surface area contributed by atoms with Gasteiger partial charge in [0.2, 0.25) is 0 Å². The SMILES string of the molecule is O=C(NC1CC1)c1cccc(-c2ccc(F)cc2C(=O)O)c1. The zero-order valence-electron chi connectivity index (χ0n) is 11.7. The van der Waals surface area contributed by atoms with Crippen molar-refractivity contribution in [3.05, 3.63) is 59.4 Å². The van der Waals surface area contributed by atoms with Gasteiger partial charge in [0, 0.05) is 11.6 Å². The Morgan fingerprint density at radius 3 is 2.59 bits per heavy atom. The minimum Gasteiger partial charge on any atom is -0.478 e. The molecule has 1 saturated carbocycles. The predicted octanol–water partition coefficient (Wildman–Crippen LogP) is 3.08. The maximum absolute atomic E-state index is 13.3. The molecule has 0 spiro atoms. The van der Waals surface area contributed by atoms with E-state index in [0.717, 1.165) is 18.9 Å². The number of amides is 1. The zero-order chi connectivity index (χ0) is 15.7. The number of nitrogens with one attached hydrogen (secondary N) is 1. The number of carboxylic acid groups (broad SMARTS) is 1. The summed E-state index contributed by atoms with van der Waals surface area (Å²) >= 11 is 0. The van der Waals surface area contributed by atoms with Gasteiger partial charge in [-0.2, -0.15) is 0 Å². The summed E-state index contributed by atoms with van der Waals surface area (Å²) in [6, 6.07) is 10.5. The molecule has 0 unspecified atom stereocenters. The lowest BCUT2D eigenvalue weighted by atomic mass is 9.98. The van der Waals surface area contributed by atoms with E-state index in [1.807, 2.05) is 0 Å². The topological polar surface area (TPSA) is 66.4 Å². The van der Waals surface area contributed by atoms with Crippen LogP contribution < -0.4 is 5.32 Å². The van der Waals surface area contributed by atoms with E-state index in [1.165, 1.54) is 12.1 Å². The Balaban J connectivity index is 1.98. The molecule has 1 amide bonds. The molecule has 2 N–H and O–H groups in total. The van der Waals surface area contributed by atoms with E-state index < -0.39 is 11.8 Å². The van der Waals surface area contributed by atoms with E-state index in [0.29, 0.717) is 16.7 Å². The molecule has 0 bridgehead atoms. The number of carbonyl (C=O) groups excluding carboxylic acids is 1. The molecule has 1 fully saturated rings. The van der Waals surface area contributed by atoms with Crippen LogP contribution in [0.25, 0.3) is 11.1 Å². The number of carboxylic acids is 1. The Hall–Kier alpha value is -2.69. The molecular formula is C17H14FNO3. The van der Waals surface area contributed by atoms with Gasteiger partial charge < -0.3 is 10.4 Å². The van der Waals surface area contributed by atoms with Gasteiger partial charge >= 0.3 is 5.97 Å². The first-order valence-electron chi connectivity index (χ1n) is 6.99. The Kier molecular flexibility index (Phi) is 3.63. The van der Waals surface area contributed by atoms with E-state index in [1.54, 1.807) is 24.3 Å². The number of hydrogen-bond donors (Lipinski definition) is 2. The minimum absolute atomic E-state index is 0.125. The lowest BCUT2D eigenvalue weighted by Gasteiger charge is -2.09. The third-order valence-electron chi connectivity index (χ3n) is 3.56. The Labute approximate surface area is 126 Å². The van der Waals surface area contributed by atoms with Crippen LogP contribution in [0, 0.1) is 5.82 Å². The second kappa shape index (κ2) is 5.60. The van der Waals surface area contributed by atoms with Gasteiger partial charge in [-0.1, -0.05) is 18.2 Å². The molecule has 2 aromatic rings. The van der Waals surface area contributed by atoms with Crippen LogP contribution >= 0.6 is 0 Å². The van der Waals surface area contributed by atoms with E-state index in [2.05, 4.69) is 5.32 Å². The minimum atomic E-state index is -1.21. The van der Waals surface area contributed by atoms with Crippen LogP contribution in [0.3, 0.4) is 0 Å². The Bertz CT molecular complexity index is 753. The first-order valence-corrected chi connectivity index (χ1v) is 6.99. The van der Waals surface area contributed by atoms with Crippen molar-refractivity contribution in [1.29, 1.82) is 0 Å². The Morgan fingerprint density at radius 2 is 1.91 bits per heavy atom. The fourth-order valence-electron chi connectivity index (χ4n) is 2.27. The van der Waals surface area contributed by atoms with Crippen molar-refractivity contribution in [1.82, 2.24) is 5.32 Å². The lowest BCUT2D eigenvalue weighted by molar-refractivity contribution is 0.0697. The molecule has 0 aromatic heterocycles. The van der Waals surface area contributed by atoms with E-state index in [9.17, 15) is 19.1 Å². The van der Waals surface area contributed by atoms with Crippen LogP contribution in [0.15, 0.2) is 42.5 Å². The van der Waals surface area contributed by atoms with Gasteiger partial charge in [-0.3, -0.25) is 4.79 Å². The third kappa shape index (κ3) is 2.98. The first kappa shape index (κ1) is 14.3. The van der Waals surface area contributed by atoms with Crippen molar-refractivity contribution in [2.45, 2.75) is 18.9 Å². The molecule has 0 saturated heterocycles. The molecule has 0 radical (unpaired) electrons. The average Bonchev–Trinajstić information content (AvgIpc) is 3.31. The number of rotatable bonds is 4. The van der Waals surface area contributed by atoms with Crippen LogP contribution in [-0.2, 0) is 0 Å². The monoisotopic (exact) mass is 299 g/mol. The molecule has 5 heteroatoms.